The van der Waals surface area contributed by atoms with Crippen molar-refractivity contribution in [1.29, 1.82) is 0 Å². The Balaban J connectivity index is 2.35. The Morgan fingerprint density at radius 2 is 1.64 bits per heavy atom. The second-order valence-corrected chi connectivity index (χ2v) is 6.52. The van der Waals surface area contributed by atoms with Crippen molar-refractivity contribution in [3.8, 4) is 0 Å². The first-order chi connectivity index (χ1) is 10.4. The molecule has 0 bridgehead atoms. The summed E-state index contributed by atoms with van der Waals surface area (Å²) in [6.45, 7) is -0.900. The van der Waals surface area contributed by atoms with Crippen molar-refractivity contribution >= 4 is 16.0 Å². The molecule has 2 aromatic rings. The fraction of sp³-hybridized carbons (Fsp3) is 0.133. The minimum Gasteiger partial charge on any atom is -0.549 e. The highest BCUT2D eigenvalue weighted by molar-refractivity contribution is 7.89. The van der Waals surface area contributed by atoms with E-state index in [1.165, 1.54) is 0 Å². The molecule has 0 atom stereocenters. The predicted octanol–water partition coefficient (Wildman–Crippen LogP) is 0.766. The molecule has 0 aliphatic heterocycles. The third-order valence-corrected chi connectivity index (χ3v) is 4.76. The van der Waals surface area contributed by atoms with Crippen molar-refractivity contribution in [2.45, 2.75) is 11.4 Å². The second kappa shape index (κ2) is 6.67. The quantitative estimate of drug-likeness (QED) is 0.787. The van der Waals surface area contributed by atoms with Gasteiger partial charge in [-0.2, -0.15) is 4.31 Å². The smallest absolute Gasteiger partial charge is 0.243 e. The summed E-state index contributed by atoms with van der Waals surface area (Å²) in [5, 5.41) is 10.9. The maximum atomic E-state index is 12.9. The molecule has 0 saturated heterocycles. The van der Waals surface area contributed by atoms with Crippen LogP contribution < -0.4 is 5.11 Å². The molecular weight excluding hydrogens is 309 g/mol. The van der Waals surface area contributed by atoms with E-state index in [0.29, 0.717) is 5.56 Å². The van der Waals surface area contributed by atoms with Crippen LogP contribution in [0.25, 0.3) is 0 Å². The van der Waals surface area contributed by atoms with Gasteiger partial charge >= 0.3 is 0 Å². The molecule has 0 radical (unpaired) electrons. The number of rotatable bonds is 6. The van der Waals surface area contributed by atoms with Gasteiger partial charge in [-0.25, -0.2) is 12.8 Å². The zero-order valence-corrected chi connectivity index (χ0v) is 12.3. The van der Waals surface area contributed by atoms with E-state index in [4.69, 9.17) is 0 Å². The molecule has 0 spiro atoms. The number of sulfonamides is 1. The highest BCUT2D eigenvalue weighted by Crippen LogP contribution is 2.18. The van der Waals surface area contributed by atoms with Crippen LogP contribution in [0.1, 0.15) is 5.56 Å². The summed E-state index contributed by atoms with van der Waals surface area (Å²) >= 11 is 0. The Hall–Kier alpha value is -2.25. The lowest BCUT2D eigenvalue weighted by Gasteiger charge is -2.22. The summed E-state index contributed by atoms with van der Waals surface area (Å²) in [6.07, 6.45) is 0. The number of carbonyl (C=O) groups is 1. The summed E-state index contributed by atoms with van der Waals surface area (Å²) in [7, 11) is -4.07. The summed E-state index contributed by atoms with van der Waals surface area (Å²) < 4.78 is 38.7. The van der Waals surface area contributed by atoms with E-state index < -0.39 is 28.4 Å². The van der Waals surface area contributed by atoms with Crippen molar-refractivity contribution in [1.82, 2.24) is 4.31 Å². The number of carbonyl (C=O) groups excluding carboxylic acids is 1. The Bertz CT molecular complexity index is 745. The first-order valence-electron chi connectivity index (χ1n) is 6.39. The van der Waals surface area contributed by atoms with Gasteiger partial charge in [0, 0.05) is 6.54 Å². The average Bonchev–Trinajstić information content (AvgIpc) is 2.47. The molecule has 5 nitrogen and oxygen atoms in total. The van der Waals surface area contributed by atoms with E-state index in [1.54, 1.807) is 30.3 Å². The Morgan fingerprint density at radius 1 is 1.05 bits per heavy atom. The number of carboxylic acid groups (broad SMARTS) is 1. The van der Waals surface area contributed by atoms with Crippen molar-refractivity contribution in [2.75, 3.05) is 6.54 Å². The number of hydrogen-bond acceptors (Lipinski definition) is 4. The minimum atomic E-state index is -4.07. The molecular formula is C15H13FNO4S-. The Labute approximate surface area is 127 Å². The van der Waals surface area contributed by atoms with Crippen LogP contribution in [0.15, 0.2) is 59.5 Å². The molecule has 116 valence electrons. The highest BCUT2D eigenvalue weighted by atomic mass is 32.2. The number of hydrogen-bond donors (Lipinski definition) is 0. The minimum absolute atomic E-state index is 0.117. The molecule has 7 heteroatoms. The van der Waals surface area contributed by atoms with Crippen molar-refractivity contribution in [2.24, 2.45) is 0 Å². The van der Waals surface area contributed by atoms with Gasteiger partial charge in [-0.3, -0.25) is 0 Å². The van der Waals surface area contributed by atoms with E-state index in [2.05, 4.69) is 0 Å². The molecule has 0 unspecified atom stereocenters. The van der Waals surface area contributed by atoms with Gasteiger partial charge in [0.2, 0.25) is 10.0 Å². The molecule has 0 N–H and O–H groups in total. The van der Waals surface area contributed by atoms with Crippen LogP contribution in [-0.2, 0) is 21.4 Å². The molecule has 2 rings (SSSR count). The predicted molar refractivity (Wildman–Crippen MR) is 75.4 cm³/mol. The number of aliphatic carboxylic acids is 1. The molecule has 22 heavy (non-hydrogen) atoms. The van der Waals surface area contributed by atoms with Crippen LogP contribution in [-0.4, -0.2) is 25.2 Å². The number of benzene rings is 2. The normalized spacial score (nSPS) is 11.5. The third-order valence-electron chi connectivity index (χ3n) is 2.96. The van der Waals surface area contributed by atoms with Crippen LogP contribution >= 0.6 is 0 Å². The van der Waals surface area contributed by atoms with E-state index in [1.807, 2.05) is 0 Å². The summed E-state index contributed by atoms with van der Waals surface area (Å²) in [5.41, 5.74) is 0.634. The number of halogens is 1. The topological polar surface area (TPSA) is 77.5 Å². The van der Waals surface area contributed by atoms with Crippen LogP contribution in [0.4, 0.5) is 4.39 Å². The van der Waals surface area contributed by atoms with Crippen molar-refractivity contribution in [3.05, 3.63) is 66.0 Å². The maximum Gasteiger partial charge on any atom is 0.243 e. The average molecular weight is 322 g/mol. The molecule has 2 aromatic carbocycles. The number of carboxylic acids is 1. The van der Waals surface area contributed by atoms with E-state index in [0.717, 1.165) is 28.6 Å². The molecule has 0 aliphatic rings. The standard InChI is InChI=1S/C15H14FNO4S/c16-13-6-8-14(9-7-13)22(20,21)17(11-15(18)19)10-12-4-2-1-3-5-12/h1-9H,10-11H2,(H,18,19)/p-1. The van der Waals surface area contributed by atoms with E-state index >= 15 is 0 Å². The largest absolute Gasteiger partial charge is 0.549 e. The molecule has 0 aliphatic carbocycles. The second-order valence-electron chi connectivity index (χ2n) is 4.58. The lowest BCUT2D eigenvalue weighted by molar-refractivity contribution is -0.305. The van der Waals surface area contributed by atoms with Gasteiger partial charge in [0.05, 0.1) is 17.4 Å². The van der Waals surface area contributed by atoms with Crippen LogP contribution in [0.5, 0.6) is 0 Å². The zero-order valence-electron chi connectivity index (χ0n) is 11.5. The summed E-state index contributed by atoms with van der Waals surface area (Å²) in [4.78, 5) is 10.7. The first-order valence-corrected chi connectivity index (χ1v) is 7.83. The monoisotopic (exact) mass is 322 g/mol. The van der Waals surface area contributed by atoms with Gasteiger partial charge in [0.15, 0.2) is 0 Å². The van der Waals surface area contributed by atoms with Crippen molar-refractivity contribution < 1.29 is 22.7 Å². The van der Waals surface area contributed by atoms with Gasteiger partial charge in [0.25, 0.3) is 0 Å². The van der Waals surface area contributed by atoms with Crippen molar-refractivity contribution in [3.63, 3.8) is 0 Å². The third kappa shape index (κ3) is 3.90. The van der Waals surface area contributed by atoms with Gasteiger partial charge in [-0.15, -0.1) is 0 Å². The van der Waals surface area contributed by atoms with Crippen LogP contribution in [0.3, 0.4) is 0 Å². The summed E-state index contributed by atoms with van der Waals surface area (Å²) in [5.74, 6) is -2.09. The fourth-order valence-corrected chi connectivity index (χ4v) is 3.29. The Kier molecular flexibility index (Phi) is 4.89. The van der Waals surface area contributed by atoms with E-state index in [9.17, 15) is 22.7 Å². The van der Waals surface area contributed by atoms with Crippen LogP contribution in [0.2, 0.25) is 0 Å². The summed E-state index contributed by atoms with van der Waals surface area (Å²) in [6, 6.07) is 12.8. The van der Waals surface area contributed by atoms with E-state index in [-0.39, 0.29) is 11.4 Å². The van der Waals surface area contributed by atoms with Gasteiger partial charge in [-0.1, -0.05) is 30.3 Å². The lowest BCUT2D eigenvalue weighted by atomic mass is 10.2. The SMILES string of the molecule is O=C([O-])CN(Cc1ccccc1)S(=O)(=O)c1ccc(F)cc1. The molecule has 0 heterocycles. The first kappa shape index (κ1) is 16.1. The highest BCUT2D eigenvalue weighted by Gasteiger charge is 2.24. The van der Waals surface area contributed by atoms with Crippen LogP contribution in [0, 0.1) is 5.82 Å². The molecule has 0 saturated carbocycles. The Morgan fingerprint density at radius 3 is 2.18 bits per heavy atom. The maximum absolute atomic E-state index is 12.9. The molecule has 0 amide bonds. The lowest BCUT2D eigenvalue weighted by Crippen LogP contribution is -2.41. The fourth-order valence-electron chi connectivity index (χ4n) is 1.91. The molecule has 0 aromatic heterocycles. The van der Waals surface area contributed by atoms with Gasteiger partial charge in [0.1, 0.15) is 5.82 Å². The zero-order chi connectivity index (χ0) is 16.2. The molecule has 0 fully saturated rings. The van der Waals surface area contributed by atoms with Gasteiger partial charge < -0.3 is 9.90 Å². The van der Waals surface area contributed by atoms with Gasteiger partial charge in [-0.05, 0) is 29.8 Å². The number of nitrogens with zero attached hydrogens (tertiary/aromatic N) is 1.